The van der Waals surface area contributed by atoms with Crippen LogP contribution >= 0.6 is 0 Å². The van der Waals surface area contributed by atoms with E-state index in [1.807, 2.05) is 78.7 Å². The number of hydrogen-bond donors (Lipinski definition) is 0. The van der Waals surface area contributed by atoms with Gasteiger partial charge in [0.15, 0.2) is 11.5 Å². The quantitative estimate of drug-likeness (QED) is 0.347. The van der Waals surface area contributed by atoms with Gasteiger partial charge in [0.25, 0.3) is 0 Å². The average molecular weight is 488 g/mol. The van der Waals surface area contributed by atoms with Crippen molar-refractivity contribution in [1.82, 2.24) is 19.1 Å². The number of aromatic nitrogens is 4. The highest BCUT2D eigenvalue weighted by atomic mass is 16.7. The maximum absolute atomic E-state index is 9.51. The first kappa shape index (κ1) is 22.3. The summed E-state index contributed by atoms with van der Waals surface area (Å²) in [6.45, 7) is 3.87. The number of imidazole rings is 1. The predicted octanol–water partition coefficient (Wildman–Crippen LogP) is 4.49. The minimum Gasteiger partial charge on any atom is -0.454 e. The topological polar surface area (TPSA) is 114 Å². The van der Waals surface area contributed by atoms with Gasteiger partial charge in [-0.1, -0.05) is 12.1 Å². The van der Waals surface area contributed by atoms with Crippen LogP contribution in [0.2, 0.25) is 0 Å². The number of benzene rings is 2. The van der Waals surface area contributed by atoms with Crippen molar-refractivity contribution in [3.63, 3.8) is 0 Å². The van der Waals surface area contributed by atoms with Gasteiger partial charge in [-0.2, -0.15) is 10.5 Å². The Morgan fingerprint density at radius 3 is 2.49 bits per heavy atom. The highest BCUT2D eigenvalue weighted by Crippen LogP contribution is 2.37. The van der Waals surface area contributed by atoms with Crippen molar-refractivity contribution in [1.29, 1.82) is 10.5 Å². The molecule has 0 saturated heterocycles. The fraction of sp³-hybridized carbons (Fsp3) is 0.179. The lowest BCUT2D eigenvalue weighted by atomic mass is 9.91. The molecule has 1 aliphatic rings. The molecule has 0 atom stereocenters. The van der Waals surface area contributed by atoms with Crippen LogP contribution in [0.1, 0.15) is 19.5 Å². The first-order valence-corrected chi connectivity index (χ1v) is 11.6. The molecule has 0 unspecified atom stereocenters. The minimum atomic E-state index is -0.724. The van der Waals surface area contributed by atoms with E-state index < -0.39 is 5.41 Å². The summed E-state index contributed by atoms with van der Waals surface area (Å²) in [5, 5.41) is 19.9. The van der Waals surface area contributed by atoms with E-state index in [0.717, 1.165) is 44.5 Å². The lowest BCUT2D eigenvalue weighted by Crippen LogP contribution is -2.23. The molecule has 0 amide bonds. The molecule has 1 aliphatic heterocycles. The molecule has 0 spiro atoms. The number of fused-ring (bicyclic) bond motifs is 4. The molecule has 37 heavy (non-hydrogen) atoms. The number of pyridine rings is 2. The largest absolute Gasteiger partial charge is 0.454 e. The summed E-state index contributed by atoms with van der Waals surface area (Å²) in [6, 6.07) is 18.0. The third-order valence-electron chi connectivity index (χ3n) is 6.69. The Kier molecular flexibility index (Phi) is 4.96. The second-order valence-electron chi connectivity index (χ2n) is 9.34. The van der Waals surface area contributed by atoms with E-state index in [1.165, 1.54) is 0 Å². The Hall–Kier alpha value is -5.15. The summed E-state index contributed by atoms with van der Waals surface area (Å²) >= 11 is 0. The van der Waals surface area contributed by atoms with Crippen LogP contribution in [0, 0.1) is 22.8 Å². The standard InChI is InChI=1S/C28H21N7O2/c1-28(2,14-29)25-9-6-19(12-32-25)35-26-20-10-17(18-5-8-23-24(11-18)37-16-36-23)4-7-21(20)31-13-22(26)34(3)27(35)33-15-30/h4-13H,16H2,1-3H3. The summed E-state index contributed by atoms with van der Waals surface area (Å²) in [4.78, 5) is 13.4. The molecule has 0 fully saturated rings. The van der Waals surface area contributed by atoms with Gasteiger partial charge in [0.1, 0.15) is 0 Å². The molecule has 0 saturated carbocycles. The Morgan fingerprint density at radius 1 is 0.946 bits per heavy atom. The zero-order chi connectivity index (χ0) is 25.7. The van der Waals surface area contributed by atoms with Gasteiger partial charge in [-0.15, -0.1) is 4.99 Å². The van der Waals surface area contributed by atoms with Crippen LogP contribution in [0.15, 0.2) is 65.9 Å². The molecule has 5 aromatic rings. The van der Waals surface area contributed by atoms with E-state index in [-0.39, 0.29) is 6.79 Å². The SMILES string of the molecule is Cn1c(=NC#N)n(-c2ccc(C(C)(C)C#N)nc2)c2c3cc(-c4ccc5c(c4)OCO5)ccc3ncc21. The smallest absolute Gasteiger partial charge is 0.231 e. The van der Waals surface area contributed by atoms with Gasteiger partial charge < -0.3 is 14.0 Å². The van der Waals surface area contributed by atoms with Crippen molar-refractivity contribution < 1.29 is 9.47 Å². The predicted molar refractivity (Wildman–Crippen MR) is 137 cm³/mol. The first-order chi connectivity index (χ1) is 17.9. The minimum absolute atomic E-state index is 0.217. The maximum atomic E-state index is 9.51. The van der Waals surface area contributed by atoms with E-state index in [9.17, 15) is 10.5 Å². The monoisotopic (exact) mass is 487 g/mol. The Labute approximate surface area is 212 Å². The third kappa shape index (κ3) is 3.48. The second kappa shape index (κ2) is 8.21. The Morgan fingerprint density at radius 2 is 1.73 bits per heavy atom. The maximum Gasteiger partial charge on any atom is 0.231 e. The zero-order valence-corrected chi connectivity index (χ0v) is 20.4. The molecule has 0 bridgehead atoms. The number of nitriles is 2. The van der Waals surface area contributed by atoms with Crippen LogP contribution in [0.3, 0.4) is 0 Å². The fourth-order valence-corrected chi connectivity index (χ4v) is 4.62. The molecule has 9 heteroatoms. The van der Waals surface area contributed by atoms with Gasteiger partial charge in [0.05, 0.1) is 51.8 Å². The van der Waals surface area contributed by atoms with Crippen LogP contribution in [0.25, 0.3) is 38.8 Å². The van der Waals surface area contributed by atoms with Gasteiger partial charge in [0, 0.05) is 12.4 Å². The number of hydrogen-bond acceptors (Lipinski definition) is 7. The normalized spacial score (nSPS) is 13.2. The molecule has 180 valence electrons. The molecule has 6 rings (SSSR count). The van der Waals surface area contributed by atoms with E-state index in [2.05, 4.69) is 27.1 Å². The summed E-state index contributed by atoms with van der Waals surface area (Å²) in [6.07, 6.45) is 5.41. The molecule has 9 nitrogen and oxygen atoms in total. The van der Waals surface area contributed by atoms with E-state index in [1.54, 1.807) is 12.4 Å². The van der Waals surface area contributed by atoms with Gasteiger partial charge in [0.2, 0.25) is 18.6 Å². The summed E-state index contributed by atoms with van der Waals surface area (Å²) in [7, 11) is 1.85. The highest BCUT2D eigenvalue weighted by Gasteiger charge is 2.22. The molecular weight excluding hydrogens is 466 g/mol. The molecule has 2 aromatic carbocycles. The average Bonchev–Trinajstić information content (AvgIpc) is 3.51. The van der Waals surface area contributed by atoms with Crippen LogP contribution < -0.4 is 15.1 Å². The first-order valence-electron chi connectivity index (χ1n) is 11.6. The molecular formula is C28H21N7O2. The van der Waals surface area contributed by atoms with E-state index >= 15 is 0 Å². The van der Waals surface area contributed by atoms with E-state index in [0.29, 0.717) is 17.1 Å². The van der Waals surface area contributed by atoms with Crippen molar-refractivity contribution >= 4 is 21.9 Å². The van der Waals surface area contributed by atoms with Gasteiger partial charge >= 0.3 is 0 Å². The summed E-state index contributed by atoms with van der Waals surface area (Å²) in [5.74, 6) is 1.44. The molecule has 0 N–H and O–H groups in total. The van der Waals surface area contributed by atoms with Gasteiger partial charge in [-0.25, -0.2) is 0 Å². The summed E-state index contributed by atoms with van der Waals surface area (Å²) in [5.41, 5.74) is 5.52. The van der Waals surface area contributed by atoms with Gasteiger partial charge in [-0.3, -0.25) is 14.5 Å². The van der Waals surface area contributed by atoms with Crippen molar-refractivity contribution in [2.75, 3.05) is 6.79 Å². The van der Waals surface area contributed by atoms with Crippen molar-refractivity contribution in [3.05, 3.63) is 72.2 Å². The molecule has 0 radical (unpaired) electrons. The molecule has 3 aromatic heterocycles. The molecule has 4 heterocycles. The van der Waals surface area contributed by atoms with E-state index in [4.69, 9.17) is 9.47 Å². The van der Waals surface area contributed by atoms with Crippen molar-refractivity contribution in [3.8, 4) is 40.6 Å². The van der Waals surface area contributed by atoms with Crippen molar-refractivity contribution in [2.24, 2.45) is 12.0 Å². The lowest BCUT2D eigenvalue weighted by molar-refractivity contribution is 0.174. The Balaban J connectivity index is 1.63. The Bertz CT molecular complexity index is 1870. The lowest BCUT2D eigenvalue weighted by Gasteiger charge is -2.15. The van der Waals surface area contributed by atoms with Crippen LogP contribution in [0.5, 0.6) is 11.5 Å². The van der Waals surface area contributed by atoms with Crippen LogP contribution in [-0.4, -0.2) is 25.9 Å². The number of ether oxygens (including phenoxy) is 2. The number of aryl methyl sites for hydroxylation is 1. The number of nitrogens with zero attached hydrogens (tertiary/aromatic N) is 7. The molecule has 0 aliphatic carbocycles. The van der Waals surface area contributed by atoms with Crippen LogP contribution in [0.4, 0.5) is 0 Å². The zero-order valence-electron chi connectivity index (χ0n) is 20.4. The van der Waals surface area contributed by atoms with Gasteiger partial charge in [-0.05, 0) is 61.4 Å². The van der Waals surface area contributed by atoms with Crippen LogP contribution in [-0.2, 0) is 12.5 Å². The fourth-order valence-electron chi connectivity index (χ4n) is 4.62. The third-order valence-corrected chi connectivity index (χ3v) is 6.69. The highest BCUT2D eigenvalue weighted by molar-refractivity contribution is 6.04. The summed E-state index contributed by atoms with van der Waals surface area (Å²) < 4.78 is 14.8. The second-order valence-corrected chi connectivity index (χ2v) is 9.34. The number of rotatable bonds is 3. The van der Waals surface area contributed by atoms with Crippen molar-refractivity contribution in [2.45, 2.75) is 19.3 Å².